The van der Waals surface area contributed by atoms with Gasteiger partial charge in [0.25, 0.3) is 5.91 Å². The molecule has 0 spiro atoms. The predicted molar refractivity (Wildman–Crippen MR) is 99.2 cm³/mol. The zero-order chi connectivity index (χ0) is 18.5. The smallest absolute Gasteiger partial charge is 0.250 e. The summed E-state index contributed by atoms with van der Waals surface area (Å²) in [4.78, 5) is 18.3. The van der Waals surface area contributed by atoms with Gasteiger partial charge >= 0.3 is 0 Å². The van der Waals surface area contributed by atoms with Gasteiger partial charge in [-0.05, 0) is 17.7 Å². The Labute approximate surface area is 156 Å². The Bertz CT molecular complexity index is 881. The van der Waals surface area contributed by atoms with Gasteiger partial charge in [-0.2, -0.15) is 4.99 Å². The van der Waals surface area contributed by atoms with E-state index in [-0.39, 0.29) is 41.4 Å². The lowest BCUT2D eigenvalue weighted by Crippen LogP contribution is -2.37. The van der Waals surface area contributed by atoms with Gasteiger partial charge in [-0.3, -0.25) is 4.79 Å². The number of amidine groups is 1. The number of hydrogen-bond acceptors (Lipinski definition) is 6. The SMILES string of the molecule is CC(C)C(=O)N=C1S[C@H]2CS(=O)(=O)C[C@H]2N1Cc1ccc2c(c1)OCO2. The Kier molecular flexibility index (Phi) is 4.38. The average Bonchev–Trinajstić information content (AvgIpc) is 3.21. The van der Waals surface area contributed by atoms with Gasteiger partial charge in [0.15, 0.2) is 26.5 Å². The lowest BCUT2D eigenvalue weighted by Gasteiger charge is -2.24. The first-order chi connectivity index (χ1) is 12.3. The van der Waals surface area contributed by atoms with Gasteiger partial charge in [-0.15, -0.1) is 0 Å². The summed E-state index contributed by atoms with van der Waals surface area (Å²) in [5.74, 6) is 1.24. The second-order valence-electron chi connectivity index (χ2n) is 7.00. The second-order valence-corrected chi connectivity index (χ2v) is 10.4. The van der Waals surface area contributed by atoms with E-state index in [4.69, 9.17) is 9.47 Å². The number of nitrogens with zero attached hydrogens (tertiary/aromatic N) is 2. The monoisotopic (exact) mass is 396 g/mol. The number of aliphatic imine (C=N–C) groups is 1. The van der Waals surface area contributed by atoms with Crippen molar-refractivity contribution in [2.24, 2.45) is 10.9 Å². The van der Waals surface area contributed by atoms with E-state index in [1.807, 2.05) is 23.1 Å². The van der Waals surface area contributed by atoms with Crippen LogP contribution in [0.2, 0.25) is 0 Å². The Morgan fingerprint density at radius 2 is 2.08 bits per heavy atom. The van der Waals surface area contributed by atoms with Crippen LogP contribution in [-0.2, 0) is 21.2 Å². The molecule has 0 aromatic heterocycles. The molecule has 2 fully saturated rings. The van der Waals surface area contributed by atoms with Crippen LogP contribution in [0.5, 0.6) is 11.5 Å². The first-order valence-corrected chi connectivity index (χ1v) is 11.2. The van der Waals surface area contributed by atoms with Gasteiger partial charge in [0.2, 0.25) is 6.79 Å². The quantitative estimate of drug-likeness (QED) is 0.768. The summed E-state index contributed by atoms with van der Waals surface area (Å²) >= 11 is 1.40. The third kappa shape index (κ3) is 3.29. The summed E-state index contributed by atoms with van der Waals surface area (Å²) in [6, 6.07) is 5.51. The van der Waals surface area contributed by atoms with Gasteiger partial charge in [0.05, 0.1) is 17.5 Å². The molecule has 1 aromatic rings. The molecule has 4 rings (SSSR count). The third-order valence-electron chi connectivity index (χ3n) is 4.66. The average molecular weight is 396 g/mol. The molecule has 1 aromatic carbocycles. The number of amides is 1. The molecule has 7 nitrogen and oxygen atoms in total. The normalized spacial score (nSPS) is 27.3. The first kappa shape index (κ1) is 17.7. The lowest BCUT2D eigenvalue weighted by atomic mass is 10.1. The summed E-state index contributed by atoms with van der Waals surface area (Å²) in [6.45, 7) is 4.29. The van der Waals surface area contributed by atoms with Crippen molar-refractivity contribution in [3.05, 3.63) is 23.8 Å². The number of fused-ring (bicyclic) bond motifs is 2. The molecule has 3 aliphatic rings. The van der Waals surface area contributed by atoms with Gasteiger partial charge < -0.3 is 14.4 Å². The van der Waals surface area contributed by atoms with Crippen molar-refractivity contribution in [1.82, 2.24) is 4.90 Å². The van der Waals surface area contributed by atoms with Gasteiger partial charge in [-0.25, -0.2) is 8.42 Å². The van der Waals surface area contributed by atoms with Crippen molar-refractivity contribution in [2.45, 2.75) is 31.7 Å². The maximum atomic E-state index is 12.1. The summed E-state index contributed by atoms with van der Waals surface area (Å²) in [7, 11) is -3.06. The van der Waals surface area contributed by atoms with Gasteiger partial charge in [0.1, 0.15) is 0 Å². The molecule has 0 unspecified atom stereocenters. The van der Waals surface area contributed by atoms with Crippen molar-refractivity contribution >= 4 is 32.7 Å². The second kappa shape index (κ2) is 6.45. The Morgan fingerprint density at radius 1 is 1.31 bits per heavy atom. The predicted octanol–water partition coefficient (Wildman–Crippen LogP) is 1.67. The Balaban J connectivity index is 1.63. The molecule has 1 amide bonds. The number of ether oxygens (including phenoxy) is 2. The third-order valence-corrected chi connectivity index (χ3v) is 7.91. The molecule has 2 saturated heterocycles. The highest BCUT2D eigenvalue weighted by Gasteiger charge is 2.48. The fourth-order valence-corrected chi connectivity index (χ4v) is 7.24. The first-order valence-electron chi connectivity index (χ1n) is 8.47. The Hall–Kier alpha value is -1.74. The molecule has 0 radical (unpaired) electrons. The molecule has 0 bridgehead atoms. The van der Waals surface area contributed by atoms with E-state index in [2.05, 4.69) is 4.99 Å². The maximum Gasteiger partial charge on any atom is 0.250 e. The van der Waals surface area contributed by atoms with E-state index >= 15 is 0 Å². The van der Waals surface area contributed by atoms with E-state index < -0.39 is 9.84 Å². The molecule has 3 aliphatic heterocycles. The molecular weight excluding hydrogens is 376 g/mol. The van der Waals surface area contributed by atoms with E-state index in [1.54, 1.807) is 13.8 Å². The van der Waals surface area contributed by atoms with Crippen LogP contribution in [0.3, 0.4) is 0 Å². The number of carbonyl (C=O) groups is 1. The molecule has 0 aliphatic carbocycles. The van der Waals surface area contributed by atoms with Crippen LogP contribution in [-0.4, -0.2) is 54.0 Å². The van der Waals surface area contributed by atoms with Crippen LogP contribution >= 0.6 is 11.8 Å². The van der Waals surface area contributed by atoms with Crippen LogP contribution in [0.4, 0.5) is 0 Å². The summed E-state index contributed by atoms with van der Waals surface area (Å²) in [6.07, 6.45) is 0. The zero-order valence-electron chi connectivity index (χ0n) is 14.5. The Morgan fingerprint density at radius 3 is 2.85 bits per heavy atom. The van der Waals surface area contributed by atoms with E-state index in [1.165, 1.54) is 11.8 Å². The minimum Gasteiger partial charge on any atom is -0.454 e. The maximum absolute atomic E-state index is 12.1. The molecule has 2 atom stereocenters. The topological polar surface area (TPSA) is 85.3 Å². The molecule has 140 valence electrons. The number of carbonyl (C=O) groups excluding carboxylic acids is 1. The number of sulfone groups is 1. The highest BCUT2D eigenvalue weighted by Crippen LogP contribution is 2.40. The van der Waals surface area contributed by atoms with Crippen LogP contribution < -0.4 is 9.47 Å². The molecule has 9 heteroatoms. The molecule has 0 saturated carbocycles. The van der Waals surface area contributed by atoms with E-state index in [9.17, 15) is 13.2 Å². The minimum absolute atomic E-state index is 0.0762. The van der Waals surface area contributed by atoms with Gasteiger partial charge in [-0.1, -0.05) is 31.7 Å². The molecule has 3 heterocycles. The fraction of sp³-hybridized carbons (Fsp3) is 0.529. The summed E-state index contributed by atoms with van der Waals surface area (Å²) in [5, 5.41) is 0.541. The van der Waals surface area contributed by atoms with Crippen LogP contribution in [0.25, 0.3) is 0 Å². The van der Waals surface area contributed by atoms with Crippen molar-refractivity contribution < 1.29 is 22.7 Å². The van der Waals surface area contributed by atoms with Crippen molar-refractivity contribution in [3.8, 4) is 11.5 Å². The zero-order valence-corrected chi connectivity index (χ0v) is 16.2. The summed E-state index contributed by atoms with van der Waals surface area (Å²) in [5.41, 5.74) is 0.962. The van der Waals surface area contributed by atoms with Crippen LogP contribution in [0.1, 0.15) is 19.4 Å². The largest absolute Gasteiger partial charge is 0.454 e. The fourth-order valence-electron chi connectivity index (χ4n) is 3.28. The van der Waals surface area contributed by atoms with Crippen molar-refractivity contribution in [1.29, 1.82) is 0 Å². The van der Waals surface area contributed by atoms with Gasteiger partial charge in [0, 0.05) is 17.7 Å². The molecule has 26 heavy (non-hydrogen) atoms. The van der Waals surface area contributed by atoms with Crippen molar-refractivity contribution in [3.63, 3.8) is 0 Å². The molecule has 0 N–H and O–H groups in total. The minimum atomic E-state index is -3.06. The number of thioether (sulfide) groups is 1. The highest BCUT2D eigenvalue weighted by atomic mass is 32.2. The number of hydrogen-bond donors (Lipinski definition) is 0. The highest BCUT2D eigenvalue weighted by molar-refractivity contribution is 8.15. The lowest BCUT2D eigenvalue weighted by molar-refractivity contribution is -0.120. The standard InChI is InChI=1S/C17H20N2O5S2/c1-10(2)16(20)18-17-19(12-7-26(21,22)8-15(12)25-17)6-11-3-4-13-14(5-11)24-9-23-13/h3-5,10,12,15H,6-9H2,1-2H3/t12-,15+/m1/s1. The van der Waals surface area contributed by atoms with Crippen LogP contribution in [0, 0.1) is 5.92 Å². The van der Waals surface area contributed by atoms with Crippen LogP contribution in [0.15, 0.2) is 23.2 Å². The van der Waals surface area contributed by atoms with Crippen molar-refractivity contribution in [2.75, 3.05) is 18.3 Å². The number of benzene rings is 1. The summed E-state index contributed by atoms with van der Waals surface area (Å²) < 4.78 is 34.9. The van der Waals surface area contributed by atoms with E-state index in [0.29, 0.717) is 23.2 Å². The number of rotatable bonds is 3. The van der Waals surface area contributed by atoms with E-state index in [0.717, 1.165) is 5.56 Å². The molecular formula is C17H20N2O5S2.